The van der Waals surface area contributed by atoms with Crippen molar-refractivity contribution in [3.8, 4) is 0 Å². The zero-order valence-corrected chi connectivity index (χ0v) is 12.2. The van der Waals surface area contributed by atoms with Crippen molar-refractivity contribution < 1.29 is 9.59 Å². The molecule has 1 aliphatic rings. The molecule has 1 aromatic heterocycles. The molecule has 3 N–H and O–H groups in total. The Morgan fingerprint density at radius 3 is 2.75 bits per heavy atom. The highest BCUT2D eigenvalue weighted by Crippen LogP contribution is 2.20. The van der Waals surface area contributed by atoms with Crippen molar-refractivity contribution in [2.24, 2.45) is 5.73 Å². The third-order valence-corrected chi connectivity index (χ3v) is 3.98. The summed E-state index contributed by atoms with van der Waals surface area (Å²) in [6.45, 7) is 5.10. The van der Waals surface area contributed by atoms with Crippen molar-refractivity contribution in [3.63, 3.8) is 0 Å². The van der Waals surface area contributed by atoms with Gasteiger partial charge >= 0.3 is 0 Å². The third-order valence-electron chi connectivity index (χ3n) is 3.98. The van der Waals surface area contributed by atoms with E-state index in [0.29, 0.717) is 13.0 Å². The number of aromatic amines is 1. The lowest BCUT2D eigenvalue weighted by atomic mass is 9.98. The van der Waals surface area contributed by atoms with Crippen molar-refractivity contribution in [1.82, 2.24) is 9.88 Å². The highest BCUT2D eigenvalue weighted by atomic mass is 16.1. The number of hydrogen-bond donors (Lipinski definition) is 2. The van der Waals surface area contributed by atoms with E-state index in [-0.39, 0.29) is 17.7 Å². The maximum Gasteiger partial charge on any atom is 0.218 e. The van der Waals surface area contributed by atoms with Gasteiger partial charge in [-0.2, -0.15) is 0 Å². The molecule has 0 aliphatic carbocycles. The molecule has 2 rings (SSSR count). The molecule has 1 aromatic rings. The molecule has 0 spiro atoms. The average molecular weight is 277 g/mol. The Labute approximate surface area is 119 Å². The number of hydrogen-bond acceptors (Lipinski definition) is 3. The molecule has 1 aliphatic heterocycles. The number of ketones is 1. The van der Waals surface area contributed by atoms with Crippen LogP contribution in [0.2, 0.25) is 0 Å². The summed E-state index contributed by atoms with van der Waals surface area (Å²) >= 11 is 0. The van der Waals surface area contributed by atoms with Crippen LogP contribution in [-0.2, 0) is 4.79 Å². The number of Topliss-reactive ketones (excluding diaryl/α,β-unsaturated/α-hetero) is 1. The van der Waals surface area contributed by atoms with Gasteiger partial charge in [-0.05, 0) is 39.3 Å². The molecule has 0 bridgehead atoms. The first kappa shape index (κ1) is 14.8. The van der Waals surface area contributed by atoms with Crippen LogP contribution >= 0.6 is 0 Å². The number of likely N-dealkylation sites (tertiary alicyclic amines) is 1. The largest absolute Gasteiger partial charge is 0.370 e. The van der Waals surface area contributed by atoms with Crippen molar-refractivity contribution in [1.29, 1.82) is 0 Å². The van der Waals surface area contributed by atoms with Crippen molar-refractivity contribution >= 4 is 11.7 Å². The van der Waals surface area contributed by atoms with Gasteiger partial charge in [-0.15, -0.1) is 0 Å². The van der Waals surface area contributed by atoms with E-state index >= 15 is 0 Å². The van der Waals surface area contributed by atoms with E-state index in [1.807, 2.05) is 19.9 Å². The van der Waals surface area contributed by atoms with Crippen molar-refractivity contribution in [3.05, 3.63) is 23.0 Å². The van der Waals surface area contributed by atoms with Crippen LogP contribution in [-0.4, -0.2) is 40.7 Å². The van der Waals surface area contributed by atoms with Crippen LogP contribution in [0, 0.1) is 13.8 Å². The second-order valence-electron chi connectivity index (χ2n) is 5.70. The molecule has 0 aromatic carbocycles. The van der Waals surface area contributed by atoms with E-state index in [2.05, 4.69) is 9.88 Å². The number of aryl methyl sites for hydroxylation is 2. The van der Waals surface area contributed by atoms with E-state index in [1.165, 1.54) is 0 Å². The number of nitrogens with zero attached hydrogens (tertiary/aromatic N) is 1. The Hall–Kier alpha value is -1.62. The van der Waals surface area contributed by atoms with Gasteiger partial charge < -0.3 is 10.7 Å². The van der Waals surface area contributed by atoms with E-state index < -0.39 is 0 Å². The molecule has 1 saturated heterocycles. The van der Waals surface area contributed by atoms with Gasteiger partial charge in [-0.25, -0.2) is 0 Å². The molecule has 1 amide bonds. The van der Waals surface area contributed by atoms with Crippen LogP contribution in [0.1, 0.15) is 47.4 Å². The van der Waals surface area contributed by atoms with Gasteiger partial charge in [0.15, 0.2) is 5.78 Å². The molecule has 20 heavy (non-hydrogen) atoms. The maximum absolute atomic E-state index is 12.4. The number of primary amides is 1. The Morgan fingerprint density at radius 2 is 2.15 bits per heavy atom. The number of H-pyrrole nitrogens is 1. The van der Waals surface area contributed by atoms with Crippen LogP contribution in [0.4, 0.5) is 0 Å². The van der Waals surface area contributed by atoms with Crippen molar-refractivity contribution in [2.45, 2.75) is 45.6 Å². The minimum atomic E-state index is -0.289. The second-order valence-corrected chi connectivity index (χ2v) is 5.70. The Kier molecular flexibility index (Phi) is 4.60. The number of piperidine rings is 1. The smallest absolute Gasteiger partial charge is 0.218 e. The zero-order valence-electron chi connectivity index (χ0n) is 12.2. The number of carbonyl (C=O) groups excluding carboxylic acids is 2. The molecular formula is C15H23N3O2. The first-order valence-corrected chi connectivity index (χ1v) is 7.19. The lowest BCUT2D eigenvalue weighted by molar-refractivity contribution is -0.119. The van der Waals surface area contributed by atoms with Crippen LogP contribution in [0.25, 0.3) is 0 Å². The zero-order chi connectivity index (χ0) is 14.7. The normalized spacial score (nSPS) is 20.0. The summed E-state index contributed by atoms with van der Waals surface area (Å²) in [6.07, 6.45) is 3.47. The van der Waals surface area contributed by atoms with Gasteiger partial charge in [0.05, 0.1) is 6.54 Å². The van der Waals surface area contributed by atoms with E-state index in [4.69, 9.17) is 5.73 Å². The van der Waals surface area contributed by atoms with Crippen LogP contribution in [0.3, 0.4) is 0 Å². The summed E-state index contributed by atoms with van der Waals surface area (Å²) in [6, 6.07) is 2.01. The summed E-state index contributed by atoms with van der Waals surface area (Å²) < 4.78 is 0. The van der Waals surface area contributed by atoms with Crippen LogP contribution < -0.4 is 5.73 Å². The van der Waals surface area contributed by atoms with Gasteiger partial charge in [0, 0.05) is 29.4 Å². The highest BCUT2D eigenvalue weighted by molar-refractivity contribution is 5.99. The van der Waals surface area contributed by atoms with Gasteiger partial charge in [-0.1, -0.05) is 6.42 Å². The standard InChI is InChI=1S/C15H23N3O2/c1-10-7-13(11(2)17-10)14(19)9-18-6-4-3-5-12(18)8-15(16)20/h7,12,17H,3-6,8-9H2,1-2H3,(H2,16,20). The summed E-state index contributed by atoms with van der Waals surface area (Å²) in [5, 5.41) is 0. The minimum absolute atomic E-state index is 0.114. The predicted octanol–water partition coefficient (Wildman–Crippen LogP) is 1.54. The number of aromatic nitrogens is 1. The third kappa shape index (κ3) is 3.48. The minimum Gasteiger partial charge on any atom is -0.370 e. The molecule has 110 valence electrons. The monoisotopic (exact) mass is 277 g/mol. The molecule has 5 nitrogen and oxygen atoms in total. The van der Waals surface area contributed by atoms with Crippen LogP contribution in [0.5, 0.6) is 0 Å². The van der Waals surface area contributed by atoms with Gasteiger partial charge in [-0.3, -0.25) is 14.5 Å². The molecule has 5 heteroatoms. The Morgan fingerprint density at radius 1 is 1.40 bits per heavy atom. The lowest BCUT2D eigenvalue weighted by Crippen LogP contribution is -2.44. The quantitative estimate of drug-likeness (QED) is 0.801. The molecular weight excluding hydrogens is 254 g/mol. The second kappa shape index (κ2) is 6.22. The fourth-order valence-electron chi connectivity index (χ4n) is 3.01. The number of amides is 1. The summed E-state index contributed by atoms with van der Waals surface area (Å²) in [5.74, 6) is -0.175. The lowest BCUT2D eigenvalue weighted by Gasteiger charge is -2.34. The number of nitrogens with one attached hydrogen (secondary N) is 1. The number of rotatable bonds is 5. The number of carbonyl (C=O) groups is 2. The van der Waals surface area contributed by atoms with E-state index in [9.17, 15) is 9.59 Å². The fourth-order valence-corrected chi connectivity index (χ4v) is 3.01. The van der Waals surface area contributed by atoms with Gasteiger partial charge in [0.25, 0.3) is 0 Å². The molecule has 1 atom stereocenters. The van der Waals surface area contributed by atoms with Gasteiger partial charge in [0.2, 0.25) is 5.91 Å². The van der Waals surface area contributed by atoms with Crippen molar-refractivity contribution in [2.75, 3.05) is 13.1 Å². The number of nitrogens with two attached hydrogens (primary N) is 1. The maximum atomic E-state index is 12.4. The topological polar surface area (TPSA) is 79.2 Å². The van der Waals surface area contributed by atoms with E-state index in [1.54, 1.807) is 0 Å². The summed E-state index contributed by atoms with van der Waals surface area (Å²) in [5.41, 5.74) is 7.97. The fraction of sp³-hybridized carbons (Fsp3) is 0.600. The predicted molar refractivity (Wildman–Crippen MR) is 77.6 cm³/mol. The van der Waals surface area contributed by atoms with E-state index in [0.717, 1.165) is 42.8 Å². The first-order valence-electron chi connectivity index (χ1n) is 7.19. The van der Waals surface area contributed by atoms with Crippen LogP contribution in [0.15, 0.2) is 6.07 Å². The highest BCUT2D eigenvalue weighted by Gasteiger charge is 2.26. The molecule has 1 fully saturated rings. The van der Waals surface area contributed by atoms with Gasteiger partial charge in [0.1, 0.15) is 0 Å². The summed E-state index contributed by atoms with van der Waals surface area (Å²) in [7, 11) is 0. The molecule has 0 radical (unpaired) electrons. The molecule has 0 saturated carbocycles. The summed E-state index contributed by atoms with van der Waals surface area (Å²) in [4.78, 5) is 28.8. The SMILES string of the molecule is Cc1cc(C(=O)CN2CCCCC2CC(N)=O)c(C)[nH]1. The Bertz CT molecular complexity index is 507. The average Bonchev–Trinajstić information content (AvgIpc) is 2.70. The molecule has 2 heterocycles. The Balaban J connectivity index is 2.04. The first-order chi connectivity index (χ1) is 9.47. The molecule has 1 unspecified atom stereocenters.